The largest absolute Gasteiger partial charge is 0.313 e. The summed E-state index contributed by atoms with van der Waals surface area (Å²) in [5.74, 6) is 1.23. The second kappa shape index (κ2) is 9.24. The second-order valence-corrected chi connectivity index (χ2v) is 11.5. The molecule has 1 N–H and O–H groups in total. The van der Waals surface area contributed by atoms with Crippen LogP contribution in [0.15, 0.2) is 36.4 Å². The van der Waals surface area contributed by atoms with Gasteiger partial charge in [0.05, 0.1) is 16.5 Å². The Morgan fingerprint density at radius 2 is 2.00 bits per heavy atom. The third kappa shape index (κ3) is 4.22. The molecule has 176 valence electrons. The van der Waals surface area contributed by atoms with Crippen molar-refractivity contribution < 1.29 is 4.79 Å². The van der Waals surface area contributed by atoms with E-state index >= 15 is 0 Å². The molecule has 0 unspecified atom stereocenters. The summed E-state index contributed by atoms with van der Waals surface area (Å²) < 4.78 is 0. The van der Waals surface area contributed by atoms with E-state index in [0.29, 0.717) is 35.0 Å². The standard InChI is InChI=1S/C28H34Cl2N2O/c1-18(2)17-32(27(33)15-19-9-10-23(29)24(30)14-19)26-8-5-7-21-20(26)16-25-22-6-3-4-11-28(21,22)12-13-31-25/h5,7-10,14,18,22,25,31H,3-4,6,11-13,15-17H2,1-2H3/t22-,25+,28-/m0/s1. The van der Waals surface area contributed by atoms with Gasteiger partial charge in [0.1, 0.15) is 0 Å². The minimum atomic E-state index is 0.122. The van der Waals surface area contributed by atoms with Gasteiger partial charge in [-0.25, -0.2) is 0 Å². The number of anilines is 1. The van der Waals surface area contributed by atoms with Crippen LogP contribution in [0.4, 0.5) is 5.69 Å². The highest BCUT2D eigenvalue weighted by Crippen LogP contribution is 2.55. The number of nitrogens with one attached hydrogen (secondary N) is 1. The summed E-state index contributed by atoms with van der Waals surface area (Å²) in [7, 11) is 0. The molecule has 0 aromatic heterocycles. The van der Waals surface area contributed by atoms with Gasteiger partial charge in [0, 0.05) is 23.7 Å². The zero-order valence-corrected chi connectivity index (χ0v) is 21.2. The van der Waals surface area contributed by atoms with Crippen LogP contribution >= 0.6 is 23.2 Å². The molecule has 2 aromatic rings. The summed E-state index contributed by atoms with van der Waals surface area (Å²) in [4.78, 5) is 15.7. The lowest BCUT2D eigenvalue weighted by Crippen LogP contribution is -2.59. The maximum absolute atomic E-state index is 13.7. The average Bonchev–Trinajstić information content (AvgIpc) is 2.79. The molecule has 2 bridgehead atoms. The molecule has 2 fully saturated rings. The molecule has 3 atom stereocenters. The van der Waals surface area contributed by atoms with Gasteiger partial charge in [-0.3, -0.25) is 4.79 Å². The topological polar surface area (TPSA) is 32.3 Å². The highest BCUT2D eigenvalue weighted by molar-refractivity contribution is 6.42. The van der Waals surface area contributed by atoms with E-state index in [2.05, 4.69) is 37.4 Å². The number of amides is 1. The summed E-state index contributed by atoms with van der Waals surface area (Å²) in [6.07, 6.45) is 7.84. The van der Waals surface area contributed by atoms with Crippen LogP contribution in [0.2, 0.25) is 10.0 Å². The highest BCUT2D eigenvalue weighted by atomic mass is 35.5. The molecular formula is C28H34Cl2N2O. The van der Waals surface area contributed by atoms with Crippen molar-refractivity contribution in [1.82, 2.24) is 5.32 Å². The quantitative estimate of drug-likeness (QED) is 0.520. The Balaban J connectivity index is 1.53. The fourth-order valence-corrected chi connectivity index (χ4v) is 7.14. The fourth-order valence-electron chi connectivity index (χ4n) is 6.82. The van der Waals surface area contributed by atoms with Crippen LogP contribution in [0.5, 0.6) is 0 Å². The first-order valence-corrected chi connectivity index (χ1v) is 13.2. The van der Waals surface area contributed by atoms with Crippen molar-refractivity contribution in [1.29, 1.82) is 0 Å². The molecule has 1 aliphatic heterocycles. The number of carbonyl (C=O) groups is 1. The number of fused-ring (bicyclic) bond motifs is 1. The molecular weight excluding hydrogens is 451 g/mol. The molecule has 2 aromatic carbocycles. The number of halogens is 2. The molecule has 5 rings (SSSR count). The van der Waals surface area contributed by atoms with Gasteiger partial charge < -0.3 is 10.2 Å². The average molecular weight is 485 g/mol. The zero-order chi connectivity index (χ0) is 23.2. The second-order valence-electron chi connectivity index (χ2n) is 10.6. The lowest BCUT2D eigenvalue weighted by molar-refractivity contribution is -0.118. The van der Waals surface area contributed by atoms with E-state index in [0.717, 1.165) is 30.1 Å². The number of hydrogen-bond donors (Lipinski definition) is 1. The van der Waals surface area contributed by atoms with E-state index in [1.54, 1.807) is 6.07 Å². The van der Waals surface area contributed by atoms with Crippen molar-refractivity contribution in [3.8, 4) is 0 Å². The fraction of sp³-hybridized carbons (Fsp3) is 0.536. The third-order valence-electron chi connectivity index (χ3n) is 8.15. The molecule has 1 saturated carbocycles. The van der Waals surface area contributed by atoms with E-state index in [4.69, 9.17) is 23.2 Å². The van der Waals surface area contributed by atoms with Gasteiger partial charge in [-0.2, -0.15) is 0 Å². The molecule has 33 heavy (non-hydrogen) atoms. The number of carbonyl (C=O) groups excluding carboxylic acids is 1. The molecule has 1 heterocycles. The van der Waals surface area contributed by atoms with Crippen LogP contribution in [0.3, 0.4) is 0 Å². The van der Waals surface area contributed by atoms with Crippen molar-refractivity contribution in [3.63, 3.8) is 0 Å². The van der Waals surface area contributed by atoms with Crippen molar-refractivity contribution in [2.24, 2.45) is 11.8 Å². The molecule has 0 spiro atoms. The number of rotatable bonds is 5. The Morgan fingerprint density at radius 3 is 2.79 bits per heavy atom. The Hall–Kier alpha value is -1.55. The SMILES string of the molecule is CC(C)CN(C(=O)Cc1ccc(Cl)c(Cl)c1)c1cccc2c1C[C@H]1NCC[C@@]23CCCC[C@@H]13. The van der Waals surface area contributed by atoms with Crippen LogP contribution in [-0.4, -0.2) is 25.0 Å². The van der Waals surface area contributed by atoms with Gasteiger partial charge in [0.25, 0.3) is 0 Å². The lowest BCUT2D eigenvalue weighted by atomic mass is 9.52. The van der Waals surface area contributed by atoms with Crippen LogP contribution in [0.25, 0.3) is 0 Å². The molecule has 1 saturated heterocycles. The van der Waals surface area contributed by atoms with E-state index in [1.165, 1.54) is 43.2 Å². The van der Waals surface area contributed by atoms with Crippen molar-refractivity contribution in [2.75, 3.05) is 18.0 Å². The Kier molecular flexibility index (Phi) is 6.50. The van der Waals surface area contributed by atoms with Gasteiger partial charge in [-0.15, -0.1) is 0 Å². The summed E-state index contributed by atoms with van der Waals surface area (Å²) in [6, 6.07) is 12.8. The monoisotopic (exact) mass is 484 g/mol. The molecule has 0 radical (unpaired) electrons. The van der Waals surface area contributed by atoms with Crippen LogP contribution in [0, 0.1) is 11.8 Å². The maximum atomic E-state index is 13.7. The van der Waals surface area contributed by atoms with Crippen LogP contribution in [0.1, 0.15) is 62.6 Å². The Bertz CT molecular complexity index is 1050. The van der Waals surface area contributed by atoms with Crippen molar-refractivity contribution >= 4 is 34.8 Å². The smallest absolute Gasteiger partial charge is 0.231 e. The number of nitrogens with zero attached hydrogens (tertiary/aromatic N) is 1. The predicted molar refractivity (Wildman–Crippen MR) is 138 cm³/mol. The van der Waals surface area contributed by atoms with Gasteiger partial charge in [-0.05, 0) is 79.0 Å². The van der Waals surface area contributed by atoms with Crippen LogP contribution in [-0.2, 0) is 23.1 Å². The van der Waals surface area contributed by atoms with Gasteiger partial charge in [-0.1, -0.05) is 68.1 Å². The van der Waals surface area contributed by atoms with E-state index in [9.17, 15) is 4.79 Å². The first kappa shape index (κ1) is 23.2. The summed E-state index contributed by atoms with van der Waals surface area (Å²) in [5, 5.41) is 4.86. The number of benzene rings is 2. The minimum Gasteiger partial charge on any atom is -0.313 e. The van der Waals surface area contributed by atoms with Crippen molar-refractivity contribution in [3.05, 3.63) is 63.1 Å². The molecule has 1 amide bonds. The molecule has 3 aliphatic rings. The number of piperidine rings is 1. The Labute approximate surface area is 207 Å². The Morgan fingerprint density at radius 1 is 1.15 bits per heavy atom. The van der Waals surface area contributed by atoms with Crippen LogP contribution < -0.4 is 10.2 Å². The van der Waals surface area contributed by atoms with Gasteiger partial charge in [0.2, 0.25) is 5.91 Å². The van der Waals surface area contributed by atoms with E-state index in [-0.39, 0.29) is 11.3 Å². The zero-order valence-electron chi connectivity index (χ0n) is 19.7. The summed E-state index contributed by atoms with van der Waals surface area (Å²) in [5.41, 5.74) is 5.23. The lowest BCUT2D eigenvalue weighted by Gasteiger charge is -2.56. The predicted octanol–water partition coefficient (Wildman–Crippen LogP) is 6.57. The molecule has 2 aliphatic carbocycles. The summed E-state index contributed by atoms with van der Waals surface area (Å²) in [6.45, 7) is 6.18. The van der Waals surface area contributed by atoms with E-state index in [1.807, 2.05) is 17.0 Å². The number of hydrogen-bond acceptors (Lipinski definition) is 2. The summed E-state index contributed by atoms with van der Waals surface area (Å²) >= 11 is 12.3. The van der Waals surface area contributed by atoms with Gasteiger partial charge in [0.15, 0.2) is 0 Å². The maximum Gasteiger partial charge on any atom is 0.231 e. The minimum absolute atomic E-state index is 0.122. The first-order chi connectivity index (χ1) is 15.9. The normalized spacial score (nSPS) is 26.0. The molecule has 3 nitrogen and oxygen atoms in total. The highest BCUT2D eigenvalue weighted by Gasteiger charge is 2.52. The van der Waals surface area contributed by atoms with Gasteiger partial charge >= 0.3 is 0 Å². The van der Waals surface area contributed by atoms with E-state index < -0.39 is 0 Å². The third-order valence-corrected chi connectivity index (χ3v) is 8.89. The van der Waals surface area contributed by atoms with Crippen molar-refractivity contribution in [2.45, 2.75) is 70.3 Å². The first-order valence-electron chi connectivity index (χ1n) is 12.5. The molecule has 5 heteroatoms.